The molecule has 1 aromatic carbocycles. The van der Waals surface area contributed by atoms with Crippen molar-refractivity contribution < 1.29 is 14.8 Å². The summed E-state index contributed by atoms with van der Waals surface area (Å²) in [6.45, 7) is 9.30. The molecular formula is C14H22Cl2NO2+. The first-order chi connectivity index (χ1) is 8.88. The Morgan fingerprint density at radius 1 is 1.05 bits per heavy atom. The van der Waals surface area contributed by atoms with Gasteiger partial charge in [0, 0.05) is 6.07 Å². The van der Waals surface area contributed by atoms with Crippen LogP contribution in [-0.2, 0) is 4.74 Å². The van der Waals surface area contributed by atoms with Gasteiger partial charge in [-0.25, -0.2) is 0 Å². The topological polar surface area (TPSA) is 35.1 Å². The van der Waals surface area contributed by atoms with Gasteiger partial charge in [-0.05, 0) is 32.9 Å². The second kappa shape index (κ2) is 7.95. The van der Waals surface area contributed by atoms with Crippen molar-refractivity contribution in [3.05, 3.63) is 28.2 Å². The molecule has 0 bridgehead atoms. The summed E-state index contributed by atoms with van der Waals surface area (Å²) in [5, 5.41) is 3.29. The first-order valence-electron chi connectivity index (χ1n) is 6.38. The van der Waals surface area contributed by atoms with Gasteiger partial charge in [0.05, 0.1) is 35.3 Å². The van der Waals surface area contributed by atoms with Crippen LogP contribution in [0.25, 0.3) is 0 Å². The minimum absolute atomic E-state index is 0.250. The fraction of sp³-hybridized carbons (Fsp3) is 0.571. The molecule has 19 heavy (non-hydrogen) atoms. The largest absolute Gasteiger partial charge is 0.491 e. The summed E-state index contributed by atoms with van der Waals surface area (Å²) in [4.78, 5) is 0. The fourth-order valence-corrected chi connectivity index (χ4v) is 1.75. The number of hydrogen-bond donors (Lipinski definition) is 1. The Morgan fingerprint density at radius 2 is 1.79 bits per heavy atom. The number of nitrogens with two attached hydrogens (primary N) is 1. The van der Waals surface area contributed by atoms with Gasteiger partial charge >= 0.3 is 0 Å². The van der Waals surface area contributed by atoms with Crippen LogP contribution < -0.4 is 10.1 Å². The van der Waals surface area contributed by atoms with Crippen LogP contribution in [0.4, 0.5) is 0 Å². The summed E-state index contributed by atoms with van der Waals surface area (Å²) in [6.07, 6.45) is 0. The summed E-state index contributed by atoms with van der Waals surface area (Å²) in [5.74, 6) is 0.708. The zero-order valence-electron chi connectivity index (χ0n) is 11.7. The molecule has 5 heteroatoms. The summed E-state index contributed by atoms with van der Waals surface area (Å²) in [6, 6.07) is 5.22. The molecule has 0 atom stereocenters. The Morgan fingerprint density at radius 3 is 2.42 bits per heavy atom. The number of halogens is 2. The maximum absolute atomic E-state index is 5.89. The molecule has 0 heterocycles. The number of ether oxygens (including phenoxy) is 2. The molecular weight excluding hydrogens is 285 g/mol. The third-order valence-corrected chi connectivity index (χ3v) is 3.15. The van der Waals surface area contributed by atoms with Crippen LogP contribution in [0, 0.1) is 0 Å². The summed E-state index contributed by atoms with van der Waals surface area (Å²) < 4.78 is 11.0. The second-order valence-corrected chi connectivity index (χ2v) is 6.21. The summed E-state index contributed by atoms with van der Waals surface area (Å²) in [5.41, 5.74) is 0.250. The van der Waals surface area contributed by atoms with E-state index in [2.05, 4.69) is 26.1 Å². The molecule has 1 rings (SSSR count). The van der Waals surface area contributed by atoms with Crippen molar-refractivity contribution in [3.63, 3.8) is 0 Å². The molecule has 3 nitrogen and oxygen atoms in total. The molecule has 0 spiro atoms. The average Bonchev–Trinajstić information content (AvgIpc) is 2.31. The second-order valence-electron chi connectivity index (χ2n) is 5.40. The Balaban J connectivity index is 2.09. The molecule has 0 aromatic heterocycles. The van der Waals surface area contributed by atoms with Gasteiger partial charge in [-0.3, -0.25) is 0 Å². The molecule has 0 unspecified atom stereocenters. The Kier molecular flexibility index (Phi) is 6.94. The molecule has 0 saturated heterocycles. The van der Waals surface area contributed by atoms with Gasteiger partial charge in [0.15, 0.2) is 0 Å². The quantitative estimate of drug-likeness (QED) is 0.786. The van der Waals surface area contributed by atoms with E-state index in [0.717, 1.165) is 13.2 Å². The van der Waals surface area contributed by atoms with Gasteiger partial charge in [0.2, 0.25) is 0 Å². The maximum atomic E-state index is 5.89. The van der Waals surface area contributed by atoms with Crippen molar-refractivity contribution in [1.29, 1.82) is 0 Å². The lowest BCUT2D eigenvalue weighted by molar-refractivity contribution is -0.718. The number of rotatable bonds is 7. The SMILES string of the molecule is CC(C)(C)[NH2+]CCOCCOc1ccc(Cl)c(Cl)c1. The standard InChI is InChI=1S/C14H21Cl2NO2/c1-14(2,3)17-6-7-18-8-9-19-11-4-5-12(15)13(16)10-11/h4-5,10,17H,6-9H2,1-3H3/p+1. The van der Waals surface area contributed by atoms with Crippen LogP contribution in [0.3, 0.4) is 0 Å². The number of benzene rings is 1. The van der Waals surface area contributed by atoms with E-state index in [0.29, 0.717) is 29.0 Å². The molecule has 1 aromatic rings. The zero-order valence-corrected chi connectivity index (χ0v) is 13.2. The van der Waals surface area contributed by atoms with E-state index in [1.165, 1.54) is 0 Å². The van der Waals surface area contributed by atoms with E-state index in [9.17, 15) is 0 Å². The van der Waals surface area contributed by atoms with Crippen molar-refractivity contribution in [1.82, 2.24) is 0 Å². The minimum Gasteiger partial charge on any atom is -0.491 e. The van der Waals surface area contributed by atoms with E-state index in [-0.39, 0.29) is 5.54 Å². The maximum Gasteiger partial charge on any atom is 0.121 e. The third-order valence-electron chi connectivity index (χ3n) is 2.41. The normalized spacial score (nSPS) is 11.6. The van der Waals surface area contributed by atoms with Crippen LogP contribution >= 0.6 is 23.2 Å². The molecule has 0 amide bonds. The minimum atomic E-state index is 0.250. The van der Waals surface area contributed by atoms with Gasteiger partial charge in [-0.15, -0.1) is 0 Å². The predicted octanol–water partition coefficient (Wildman–Crippen LogP) is 2.75. The smallest absolute Gasteiger partial charge is 0.121 e. The molecule has 0 fully saturated rings. The van der Waals surface area contributed by atoms with E-state index in [1.807, 2.05) is 0 Å². The van der Waals surface area contributed by atoms with Crippen molar-refractivity contribution >= 4 is 23.2 Å². The van der Waals surface area contributed by atoms with Crippen LogP contribution in [-0.4, -0.2) is 31.9 Å². The highest BCUT2D eigenvalue weighted by Gasteiger charge is 2.11. The molecule has 0 aliphatic heterocycles. The third kappa shape index (κ3) is 7.63. The molecule has 0 aliphatic carbocycles. The highest BCUT2D eigenvalue weighted by atomic mass is 35.5. The van der Waals surface area contributed by atoms with Crippen molar-refractivity contribution in [2.24, 2.45) is 0 Å². The molecule has 0 aliphatic rings. The lowest BCUT2D eigenvalue weighted by atomic mass is 10.1. The van der Waals surface area contributed by atoms with Gasteiger partial charge < -0.3 is 14.8 Å². The van der Waals surface area contributed by atoms with E-state index in [1.54, 1.807) is 18.2 Å². The van der Waals surface area contributed by atoms with Gasteiger partial charge in [-0.1, -0.05) is 23.2 Å². The van der Waals surface area contributed by atoms with Gasteiger partial charge in [-0.2, -0.15) is 0 Å². The summed E-state index contributed by atoms with van der Waals surface area (Å²) in [7, 11) is 0. The van der Waals surface area contributed by atoms with Crippen molar-refractivity contribution in [3.8, 4) is 5.75 Å². The lowest BCUT2D eigenvalue weighted by Crippen LogP contribution is -2.95. The van der Waals surface area contributed by atoms with Crippen LogP contribution in [0.1, 0.15) is 20.8 Å². The van der Waals surface area contributed by atoms with Gasteiger partial charge in [0.25, 0.3) is 0 Å². The van der Waals surface area contributed by atoms with Crippen LogP contribution in [0.15, 0.2) is 18.2 Å². The van der Waals surface area contributed by atoms with Crippen LogP contribution in [0.5, 0.6) is 5.75 Å². The average molecular weight is 307 g/mol. The molecule has 2 N–H and O–H groups in total. The highest BCUT2D eigenvalue weighted by molar-refractivity contribution is 6.42. The Hall–Kier alpha value is -0.480. The number of quaternary nitrogens is 1. The number of hydrogen-bond acceptors (Lipinski definition) is 2. The van der Waals surface area contributed by atoms with Crippen LogP contribution in [0.2, 0.25) is 10.0 Å². The van der Waals surface area contributed by atoms with E-state index in [4.69, 9.17) is 32.7 Å². The Bertz CT molecular complexity index is 392. The monoisotopic (exact) mass is 306 g/mol. The van der Waals surface area contributed by atoms with E-state index >= 15 is 0 Å². The molecule has 108 valence electrons. The lowest BCUT2D eigenvalue weighted by Gasteiger charge is -2.16. The Labute approximate surface area is 125 Å². The first kappa shape index (κ1) is 16.6. The fourth-order valence-electron chi connectivity index (χ4n) is 1.46. The molecule has 0 saturated carbocycles. The zero-order chi connectivity index (χ0) is 14.3. The van der Waals surface area contributed by atoms with Crippen molar-refractivity contribution in [2.45, 2.75) is 26.3 Å². The van der Waals surface area contributed by atoms with E-state index < -0.39 is 0 Å². The molecule has 0 radical (unpaired) electrons. The first-order valence-corrected chi connectivity index (χ1v) is 7.14. The van der Waals surface area contributed by atoms with Gasteiger partial charge in [0.1, 0.15) is 12.4 Å². The predicted molar refractivity (Wildman–Crippen MR) is 79.3 cm³/mol. The summed E-state index contributed by atoms with van der Waals surface area (Å²) >= 11 is 11.7. The highest BCUT2D eigenvalue weighted by Crippen LogP contribution is 2.26. The van der Waals surface area contributed by atoms with Crippen molar-refractivity contribution in [2.75, 3.05) is 26.4 Å².